The van der Waals surface area contributed by atoms with Gasteiger partial charge in [-0.1, -0.05) is 0 Å². The predicted molar refractivity (Wildman–Crippen MR) is 50.7 cm³/mol. The molecule has 15 heavy (non-hydrogen) atoms. The number of pyridine rings is 1. The van der Waals surface area contributed by atoms with Crippen molar-refractivity contribution in [1.82, 2.24) is 9.88 Å². The second-order valence-corrected chi connectivity index (χ2v) is 3.56. The van der Waals surface area contributed by atoms with Gasteiger partial charge in [-0.25, -0.2) is 4.98 Å². The van der Waals surface area contributed by atoms with Crippen LogP contribution in [0.2, 0.25) is 0 Å². The van der Waals surface area contributed by atoms with E-state index in [2.05, 4.69) is 4.98 Å². The summed E-state index contributed by atoms with van der Waals surface area (Å²) in [6.45, 7) is 0.883. The van der Waals surface area contributed by atoms with E-state index < -0.39 is 12.1 Å². The average molecular weight is 210 g/mol. The maximum atomic E-state index is 12.5. The van der Waals surface area contributed by atoms with E-state index in [4.69, 9.17) is 0 Å². The number of hydrogen-bond donors (Lipinski definition) is 1. The topological polar surface area (TPSA) is 53.4 Å². The quantitative estimate of drug-likeness (QED) is 0.684. The number of halogens is 1. The van der Waals surface area contributed by atoms with Crippen LogP contribution in [0.5, 0.6) is 0 Å². The van der Waals surface area contributed by atoms with E-state index in [9.17, 15) is 14.3 Å². The van der Waals surface area contributed by atoms with Gasteiger partial charge in [0.2, 0.25) is 5.95 Å². The molecule has 1 saturated heterocycles. The SMILES string of the molecule is O=C(c1ccc(F)nc1)N1CC[C@@H](O)C1. The van der Waals surface area contributed by atoms with E-state index in [-0.39, 0.29) is 5.91 Å². The van der Waals surface area contributed by atoms with Crippen LogP contribution in [0.1, 0.15) is 16.8 Å². The van der Waals surface area contributed by atoms with Crippen molar-refractivity contribution in [3.8, 4) is 0 Å². The number of nitrogens with zero attached hydrogens (tertiary/aromatic N) is 2. The van der Waals surface area contributed by atoms with E-state index in [1.807, 2.05) is 0 Å². The maximum absolute atomic E-state index is 12.5. The average Bonchev–Trinajstić information content (AvgIpc) is 2.65. The zero-order valence-electron chi connectivity index (χ0n) is 8.06. The lowest BCUT2D eigenvalue weighted by atomic mass is 10.2. The lowest BCUT2D eigenvalue weighted by Crippen LogP contribution is -2.29. The van der Waals surface area contributed by atoms with Crippen molar-refractivity contribution in [2.45, 2.75) is 12.5 Å². The van der Waals surface area contributed by atoms with Crippen molar-refractivity contribution in [3.63, 3.8) is 0 Å². The Morgan fingerprint density at radius 2 is 2.40 bits per heavy atom. The normalized spacial score (nSPS) is 20.7. The molecule has 4 nitrogen and oxygen atoms in total. The number of rotatable bonds is 1. The van der Waals surface area contributed by atoms with Crippen molar-refractivity contribution in [3.05, 3.63) is 29.8 Å². The molecule has 1 aromatic heterocycles. The Balaban J connectivity index is 2.11. The van der Waals surface area contributed by atoms with Gasteiger partial charge in [0.25, 0.3) is 5.91 Å². The van der Waals surface area contributed by atoms with Crippen LogP contribution in [-0.4, -0.2) is 40.1 Å². The summed E-state index contributed by atoms with van der Waals surface area (Å²) in [5, 5.41) is 9.27. The molecule has 0 aliphatic carbocycles. The fraction of sp³-hybridized carbons (Fsp3) is 0.400. The van der Waals surface area contributed by atoms with Gasteiger partial charge in [-0.15, -0.1) is 0 Å². The van der Waals surface area contributed by atoms with Gasteiger partial charge in [-0.3, -0.25) is 4.79 Å². The largest absolute Gasteiger partial charge is 0.391 e. The summed E-state index contributed by atoms with van der Waals surface area (Å²) in [6.07, 6.45) is 1.37. The summed E-state index contributed by atoms with van der Waals surface area (Å²) >= 11 is 0. The highest BCUT2D eigenvalue weighted by Gasteiger charge is 2.25. The minimum absolute atomic E-state index is 0.209. The van der Waals surface area contributed by atoms with Crippen LogP contribution in [0.15, 0.2) is 18.3 Å². The summed E-state index contributed by atoms with van der Waals surface area (Å²) in [4.78, 5) is 16.7. The summed E-state index contributed by atoms with van der Waals surface area (Å²) in [5.74, 6) is -0.813. The van der Waals surface area contributed by atoms with Crippen molar-refractivity contribution in [2.24, 2.45) is 0 Å². The zero-order chi connectivity index (χ0) is 10.8. The van der Waals surface area contributed by atoms with Gasteiger partial charge in [0.15, 0.2) is 0 Å². The highest BCUT2D eigenvalue weighted by Crippen LogP contribution is 2.12. The summed E-state index contributed by atoms with van der Waals surface area (Å²) in [6, 6.07) is 2.55. The molecule has 1 aliphatic heterocycles. The molecule has 0 saturated carbocycles. The van der Waals surface area contributed by atoms with E-state index in [1.165, 1.54) is 12.3 Å². The van der Waals surface area contributed by atoms with Crippen LogP contribution in [0.4, 0.5) is 4.39 Å². The van der Waals surface area contributed by atoms with Crippen LogP contribution in [0.3, 0.4) is 0 Å². The Morgan fingerprint density at radius 3 is 2.93 bits per heavy atom. The summed E-state index contributed by atoms with van der Waals surface area (Å²) in [5.41, 5.74) is 0.352. The minimum atomic E-state index is -0.604. The van der Waals surface area contributed by atoms with Gasteiger partial charge < -0.3 is 10.0 Å². The number of β-amino-alcohol motifs (C(OH)–C–C–N with tert-alkyl or cyclic N) is 1. The Hall–Kier alpha value is -1.49. The van der Waals surface area contributed by atoms with E-state index >= 15 is 0 Å². The fourth-order valence-electron chi connectivity index (χ4n) is 1.61. The first kappa shape index (κ1) is 10.0. The Bertz CT molecular complexity index is 366. The van der Waals surface area contributed by atoms with Crippen LogP contribution < -0.4 is 0 Å². The molecule has 1 aromatic rings. The highest BCUT2D eigenvalue weighted by atomic mass is 19.1. The van der Waals surface area contributed by atoms with Gasteiger partial charge in [0, 0.05) is 19.3 Å². The van der Waals surface area contributed by atoms with Crippen LogP contribution in [-0.2, 0) is 0 Å². The third kappa shape index (κ3) is 2.12. The molecule has 1 fully saturated rings. The Labute approximate surface area is 86.4 Å². The van der Waals surface area contributed by atoms with Gasteiger partial charge in [0.1, 0.15) is 0 Å². The number of aromatic nitrogens is 1. The van der Waals surface area contributed by atoms with Gasteiger partial charge in [0.05, 0.1) is 11.7 Å². The molecule has 80 valence electrons. The van der Waals surface area contributed by atoms with Crippen molar-refractivity contribution in [1.29, 1.82) is 0 Å². The lowest BCUT2D eigenvalue weighted by Gasteiger charge is -2.14. The number of amides is 1. The summed E-state index contributed by atoms with van der Waals surface area (Å²) in [7, 11) is 0. The van der Waals surface area contributed by atoms with Gasteiger partial charge >= 0.3 is 0 Å². The standard InChI is InChI=1S/C10H11FN2O2/c11-9-2-1-7(5-12-9)10(15)13-4-3-8(14)6-13/h1-2,5,8,14H,3-4,6H2/t8-/m1/s1. The van der Waals surface area contributed by atoms with E-state index in [0.717, 1.165) is 6.07 Å². The molecule has 5 heteroatoms. The number of hydrogen-bond acceptors (Lipinski definition) is 3. The van der Waals surface area contributed by atoms with Crippen molar-refractivity contribution < 1.29 is 14.3 Å². The van der Waals surface area contributed by atoms with Crippen LogP contribution >= 0.6 is 0 Å². The molecule has 0 radical (unpaired) electrons. The molecule has 0 aromatic carbocycles. The Kier molecular flexibility index (Phi) is 2.64. The summed E-state index contributed by atoms with van der Waals surface area (Å²) < 4.78 is 12.5. The van der Waals surface area contributed by atoms with Gasteiger partial charge in [-0.2, -0.15) is 4.39 Å². The molecule has 1 amide bonds. The van der Waals surface area contributed by atoms with E-state index in [1.54, 1.807) is 4.90 Å². The molecular weight excluding hydrogens is 199 g/mol. The maximum Gasteiger partial charge on any atom is 0.255 e. The second kappa shape index (κ2) is 3.94. The van der Waals surface area contributed by atoms with Crippen LogP contribution in [0.25, 0.3) is 0 Å². The number of aliphatic hydroxyl groups is 1. The molecule has 2 heterocycles. The smallest absolute Gasteiger partial charge is 0.255 e. The van der Waals surface area contributed by atoms with Crippen molar-refractivity contribution >= 4 is 5.91 Å². The number of likely N-dealkylation sites (tertiary alicyclic amines) is 1. The highest BCUT2D eigenvalue weighted by molar-refractivity contribution is 5.94. The molecule has 1 aliphatic rings. The first-order valence-corrected chi connectivity index (χ1v) is 4.76. The number of aliphatic hydroxyl groups excluding tert-OH is 1. The Morgan fingerprint density at radius 1 is 1.60 bits per heavy atom. The molecule has 1 N–H and O–H groups in total. The zero-order valence-corrected chi connectivity index (χ0v) is 8.06. The first-order chi connectivity index (χ1) is 7.16. The molecular formula is C10H11FN2O2. The third-order valence-corrected chi connectivity index (χ3v) is 2.42. The third-order valence-electron chi connectivity index (χ3n) is 2.42. The molecule has 0 bridgehead atoms. The number of carbonyl (C=O) groups is 1. The predicted octanol–water partition coefficient (Wildman–Crippen LogP) is 0.428. The molecule has 2 rings (SSSR count). The minimum Gasteiger partial charge on any atom is -0.391 e. The van der Waals surface area contributed by atoms with Gasteiger partial charge in [-0.05, 0) is 18.6 Å². The molecule has 0 spiro atoms. The molecule has 1 atom stereocenters. The fourth-order valence-corrected chi connectivity index (χ4v) is 1.61. The first-order valence-electron chi connectivity index (χ1n) is 4.76. The lowest BCUT2D eigenvalue weighted by molar-refractivity contribution is 0.0764. The molecule has 0 unspecified atom stereocenters. The second-order valence-electron chi connectivity index (χ2n) is 3.56. The van der Waals surface area contributed by atoms with Crippen molar-refractivity contribution in [2.75, 3.05) is 13.1 Å². The number of carbonyl (C=O) groups excluding carboxylic acids is 1. The monoisotopic (exact) mass is 210 g/mol. The van der Waals surface area contributed by atoms with Crippen LogP contribution in [0, 0.1) is 5.95 Å². The van der Waals surface area contributed by atoms with E-state index in [0.29, 0.717) is 25.1 Å².